The number of thioether (sulfide) groups is 1. The van der Waals surface area contributed by atoms with Gasteiger partial charge in [0, 0.05) is 11.1 Å². The molecule has 1 aromatic rings. The Morgan fingerprint density at radius 3 is 2.67 bits per heavy atom. The lowest BCUT2D eigenvalue weighted by molar-refractivity contribution is -0.121. The van der Waals surface area contributed by atoms with Gasteiger partial charge in [-0.05, 0) is 37.4 Å². The number of benzene rings is 1. The molecule has 0 spiro atoms. The van der Waals surface area contributed by atoms with Gasteiger partial charge in [0.05, 0.1) is 18.4 Å². The molecule has 2 amide bonds. The third-order valence-corrected chi connectivity index (χ3v) is 3.11. The van der Waals surface area contributed by atoms with Gasteiger partial charge in [0.2, 0.25) is 0 Å². The molecule has 0 saturated heterocycles. The predicted octanol–water partition coefficient (Wildman–Crippen LogP) is 2.52. The quantitative estimate of drug-likeness (QED) is 0.666. The van der Waals surface area contributed by atoms with Crippen LogP contribution in [0.1, 0.15) is 6.92 Å². The largest absolute Gasteiger partial charge is 0.450 e. The van der Waals surface area contributed by atoms with Crippen LogP contribution in [-0.2, 0) is 9.53 Å². The van der Waals surface area contributed by atoms with Gasteiger partial charge < -0.3 is 4.74 Å². The maximum atomic E-state index is 11.7. The highest BCUT2D eigenvalue weighted by molar-refractivity contribution is 7.98. The molecule has 7 heteroatoms. The van der Waals surface area contributed by atoms with E-state index >= 15 is 0 Å². The number of hydrogen-bond acceptors (Lipinski definition) is 6. The highest BCUT2D eigenvalue weighted by Crippen LogP contribution is 2.19. The lowest BCUT2D eigenvalue weighted by Crippen LogP contribution is -2.36. The van der Waals surface area contributed by atoms with Crippen molar-refractivity contribution in [2.24, 2.45) is 10.9 Å². The van der Waals surface area contributed by atoms with E-state index in [1.54, 1.807) is 36.9 Å². The Morgan fingerprint density at radius 2 is 2.14 bits per heavy atom. The highest BCUT2D eigenvalue weighted by Gasteiger charge is 2.18. The average Bonchev–Trinajstić information content (AvgIpc) is 2.48. The first kappa shape index (κ1) is 16.7. The number of imide groups is 1. The van der Waals surface area contributed by atoms with Gasteiger partial charge in [-0.1, -0.05) is 0 Å². The predicted molar refractivity (Wildman–Crippen MR) is 80.6 cm³/mol. The zero-order valence-corrected chi connectivity index (χ0v) is 12.5. The molecule has 0 aliphatic rings. The number of ether oxygens (including phenoxy) is 1. The maximum Gasteiger partial charge on any atom is 0.413 e. The van der Waals surface area contributed by atoms with Gasteiger partial charge in [-0.25, -0.2) is 4.79 Å². The molecule has 0 heterocycles. The minimum atomic E-state index is -1.16. The van der Waals surface area contributed by atoms with E-state index in [2.05, 4.69) is 9.73 Å². The molecule has 0 aliphatic heterocycles. The van der Waals surface area contributed by atoms with Gasteiger partial charge in [0.25, 0.3) is 5.91 Å². The highest BCUT2D eigenvalue weighted by atomic mass is 32.2. The minimum Gasteiger partial charge on any atom is -0.450 e. The molecule has 1 aromatic carbocycles. The van der Waals surface area contributed by atoms with Crippen LogP contribution < -0.4 is 5.32 Å². The van der Waals surface area contributed by atoms with Crippen molar-refractivity contribution < 1.29 is 14.3 Å². The van der Waals surface area contributed by atoms with Crippen LogP contribution in [0.5, 0.6) is 0 Å². The molecule has 110 valence electrons. The fourth-order valence-corrected chi connectivity index (χ4v) is 1.74. The van der Waals surface area contributed by atoms with Crippen molar-refractivity contribution in [3.8, 4) is 6.07 Å². The van der Waals surface area contributed by atoms with Crippen molar-refractivity contribution in [2.75, 3.05) is 12.9 Å². The summed E-state index contributed by atoms with van der Waals surface area (Å²) >= 11 is 1.60. The van der Waals surface area contributed by atoms with Crippen LogP contribution in [0.3, 0.4) is 0 Å². The van der Waals surface area contributed by atoms with Gasteiger partial charge in [0.1, 0.15) is 0 Å². The summed E-state index contributed by atoms with van der Waals surface area (Å²) in [6.45, 7) is 1.76. The van der Waals surface area contributed by atoms with E-state index in [9.17, 15) is 9.59 Å². The van der Waals surface area contributed by atoms with Crippen molar-refractivity contribution in [3.63, 3.8) is 0 Å². The van der Waals surface area contributed by atoms with Crippen molar-refractivity contribution in [1.82, 2.24) is 5.32 Å². The van der Waals surface area contributed by atoms with Crippen LogP contribution in [0.4, 0.5) is 10.5 Å². The van der Waals surface area contributed by atoms with E-state index in [4.69, 9.17) is 5.26 Å². The Balaban J connectivity index is 2.68. The Kier molecular flexibility index (Phi) is 6.98. The number of nitriles is 1. The Bertz CT molecular complexity index is 564. The summed E-state index contributed by atoms with van der Waals surface area (Å²) < 4.78 is 4.57. The molecule has 0 saturated carbocycles. The van der Waals surface area contributed by atoms with Gasteiger partial charge in [0.15, 0.2) is 5.92 Å². The molecule has 6 nitrogen and oxygen atoms in total. The van der Waals surface area contributed by atoms with Crippen molar-refractivity contribution in [3.05, 3.63) is 24.3 Å². The molecule has 0 bridgehead atoms. The second-order valence-electron chi connectivity index (χ2n) is 3.79. The Morgan fingerprint density at radius 1 is 1.48 bits per heavy atom. The Hall–Kier alpha value is -2.33. The SMILES string of the molecule is CCOC(=O)NC(=O)C(C#N)C=Nc1ccc(SC)cc1. The number of nitrogens with zero attached hydrogens (tertiary/aromatic N) is 2. The summed E-state index contributed by atoms with van der Waals surface area (Å²) in [4.78, 5) is 27.9. The van der Waals surface area contributed by atoms with E-state index in [1.165, 1.54) is 6.21 Å². The average molecular weight is 305 g/mol. The summed E-state index contributed by atoms with van der Waals surface area (Å²) in [6.07, 6.45) is 2.28. The number of carbonyl (C=O) groups is 2. The third kappa shape index (κ3) is 5.67. The molecule has 0 fully saturated rings. The summed E-state index contributed by atoms with van der Waals surface area (Å²) in [5.74, 6) is -1.92. The first-order chi connectivity index (χ1) is 10.1. The first-order valence-corrected chi connectivity index (χ1v) is 7.38. The number of rotatable bonds is 5. The smallest absolute Gasteiger partial charge is 0.413 e. The van der Waals surface area contributed by atoms with E-state index in [0.29, 0.717) is 5.69 Å². The summed E-state index contributed by atoms with van der Waals surface area (Å²) in [6, 6.07) is 9.10. The molecule has 1 atom stereocenters. The standard InChI is InChI=1S/C14H15N3O3S/c1-3-20-14(19)17-13(18)10(8-15)9-16-11-4-6-12(21-2)7-5-11/h4-7,9-10H,3H2,1-2H3,(H,17,18,19). The Labute approximate surface area is 127 Å². The van der Waals surface area contributed by atoms with Crippen LogP contribution in [0.25, 0.3) is 0 Å². The summed E-state index contributed by atoms with van der Waals surface area (Å²) in [5, 5.41) is 10.9. The van der Waals surface area contributed by atoms with Crippen LogP contribution >= 0.6 is 11.8 Å². The summed E-state index contributed by atoms with van der Waals surface area (Å²) in [5.41, 5.74) is 0.622. The molecule has 21 heavy (non-hydrogen) atoms. The molecule has 1 N–H and O–H groups in total. The molecule has 0 radical (unpaired) electrons. The monoisotopic (exact) mass is 305 g/mol. The van der Waals surface area contributed by atoms with Crippen molar-refractivity contribution in [1.29, 1.82) is 5.26 Å². The van der Waals surface area contributed by atoms with Crippen LogP contribution in [0.2, 0.25) is 0 Å². The van der Waals surface area contributed by atoms with Gasteiger partial charge in [-0.15, -0.1) is 11.8 Å². The van der Waals surface area contributed by atoms with Gasteiger partial charge >= 0.3 is 6.09 Å². The van der Waals surface area contributed by atoms with Crippen LogP contribution in [-0.4, -0.2) is 31.1 Å². The van der Waals surface area contributed by atoms with E-state index < -0.39 is 17.9 Å². The van der Waals surface area contributed by atoms with E-state index in [1.807, 2.05) is 23.7 Å². The number of aliphatic imine (C=N–C) groups is 1. The minimum absolute atomic E-state index is 0.145. The number of carbonyl (C=O) groups excluding carboxylic acids is 2. The number of alkyl carbamates (subject to hydrolysis) is 1. The topological polar surface area (TPSA) is 91.5 Å². The molecule has 1 rings (SSSR count). The van der Waals surface area contributed by atoms with Crippen LogP contribution in [0.15, 0.2) is 34.2 Å². The van der Waals surface area contributed by atoms with Gasteiger partial charge in [-0.2, -0.15) is 5.26 Å². The normalized spacial score (nSPS) is 11.7. The number of nitrogens with one attached hydrogen (secondary N) is 1. The zero-order chi connectivity index (χ0) is 15.7. The maximum absolute atomic E-state index is 11.7. The second kappa shape index (κ2) is 8.76. The molecular formula is C14H15N3O3S. The van der Waals surface area contributed by atoms with Crippen molar-refractivity contribution >= 4 is 35.7 Å². The summed E-state index contributed by atoms with van der Waals surface area (Å²) in [7, 11) is 0. The van der Waals surface area contributed by atoms with Crippen LogP contribution in [0, 0.1) is 17.2 Å². The third-order valence-electron chi connectivity index (χ3n) is 2.37. The fraction of sp³-hybridized carbons (Fsp3) is 0.286. The number of hydrogen-bond donors (Lipinski definition) is 1. The lowest BCUT2D eigenvalue weighted by atomic mass is 10.2. The first-order valence-electron chi connectivity index (χ1n) is 6.16. The fourth-order valence-electron chi connectivity index (χ4n) is 1.33. The zero-order valence-electron chi connectivity index (χ0n) is 11.7. The van der Waals surface area contributed by atoms with E-state index in [0.717, 1.165) is 4.90 Å². The number of amides is 2. The second-order valence-corrected chi connectivity index (χ2v) is 4.67. The van der Waals surface area contributed by atoms with E-state index in [-0.39, 0.29) is 6.61 Å². The molecule has 0 aromatic heterocycles. The molecular weight excluding hydrogens is 290 g/mol. The molecule has 1 unspecified atom stereocenters. The van der Waals surface area contributed by atoms with Crippen molar-refractivity contribution in [2.45, 2.75) is 11.8 Å². The van der Waals surface area contributed by atoms with Gasteiger partial charge in [-0.3, -0.25) is 15.1 Å². The lowest BCUT2D eigenvalue weighted by Gasteiger charge is -2.05. The molecule has 0 aliphatic carbocycles.